The van der Waals surface area contributed by atoms with Crippen molar-refractivity contribution >= 4 is 11.0 Å². The molecule has 0 aliphatic heterocycles. The lowest BCUT2D eigenvalue weighted by atomic mass is 9.83. The van der Waals surface area contributed by atoms with Crippen LogP contribution < -0.4 is 5.73 Å². The van der Waals surface area contributed by atoms with Crippen molar-refractivity contribution in [1.29, 1.82) is 0 Å². The number of hydrogen-bond acceptors (Lipinski definition) is 3. The van der Waals surface area contributed by atoms with Crippen LogP contribution in [0.3, 0.4) is 0 Å². The Hall–Kier alpha value is -2.24. The quantitative estimate of drug-likeness (QED) is 0.490. The van der Waals surface area contributed by atoms with E-state index in [1.807, 2.05) is 6.20 Å². The summed E-state index contributed by atoms with van der Waals surface area (Å²) in [5.41, 5.74) is 11.4. The van der Waals surface area contributed by atoms with E-state index in [-0.39, 0.29) is 0 Å². The van der Waals surface area contributed by atoms with Crippen molar-refractivity contribution in [1.82, 2.24) is 15.0 Å². The van der Waals surface area contributed by atoms with Gasteiger partial charge < -0.3 is 15.2 Å². The average molecular weight is 433 g/mol. The smallest absolute Gasteiger partial charge is 0.162 e. The molecule has 2 aliphatic carbocycles. The molecule has 2 aromatic heterocycles. The second-order valence-electron chi connectivity index (χ2n) is 10.1. The molecule has 2 atom stereocenters. The number of aryl methyl sites for hydroxylation is 1. The van der Waals surface area contributed by atoms with Crippen LogP contribution in [0, 0.1) is 0 Å². The molecule has 3 N–H and O–H groups in total. The lowest BCUT2D eigenvalue weighted by molar-refractivity contribution is -0.994. The zero-order chi connectivity index (χ0) is 22.0. The summed E-state index contributed by atoms with van der Waals surface area (Å²) in [6.45, 7) is 4.46. The molecule has 0 spiro atoms. The minimum atomic E-state index is 0.363. The van der Waals surface area contributed by atoms with E-state index in [1.165, 1.54) is 56.3 Å². The van der Waals surface area contributed by atoms with E-state index in [2.05, 4.69) is 48.3 Å². The van der Waals surface area contributed by atoms with Crippen molar-refractivity contribution in [2.75, 3.05) is 6.54 Å². The highest BCUT2D eigenvalue weighted by molar-refractivity contribution is 5.74. The van der Waals surface area contributed by atoms with Crippen molar-refractivity contribution in [2.45, 2.75) is 89.4 Å². The number of para-hydroxylation sites is 2. The zero-order valence-corrected chi connectivity index (χ0v) is 19.5. The van der Waals surface area contributed by atoms with Gasteiger partial charge >= 0.3 is 0 Å². The minimum absolute atomic E-state index is 0.363. The first-order valence-corrected chi connectivity index (χ1v) is 12.7. The molecule has 5 nitrogen and oxygen atoms in total. The summed E-state index contributed by atoms with van der Waals surface area (Å²) < 4.78 is 1.09. The van der Waals surface area contributed by atoms with Gasteiger partial charge in [-0.1, -0.05) is 31.5 Å². The van der Waals surface area contributed by atoms with Crippen LogP contribution >= 0.6 is 0 Å². The predicted molar refractivity (Wildman–Crippen MR) is 130 cm³/mol. The highest BCUT2D eigenvalue weighted by Gasteiger charge is 2.47. The van der Waals surface area contributed by atoms with Crippen LogP contribution in [0.2, 0.25) is 0 Å². The number of hydrogen-bond donors (Lipinski definition) is 2. The van der Waals surface area contributed by atoms with Gasteiger partial charge in [-0.3, -0.25) is 4.98 Å². The Morgan fingerprint density at radius 3 is 2.72 bits per heavy atom. The normalized spacial score (nSPS) is 25.4. The molecule has 2 unspecified atom stereocenters. The number of rotatable bonds is 7. The number of aromatic nitrogens is 3. The Kier molecular flexibility index (Phi) is 6.29. The maximum Gasteiger partial charge on any atom is 0.162 e. The molecule has 170 valence electrons. The molecule has 1 fully saturated rings. The first-order valence-electron chi connectivity index (χ1n) is 12.7. The number of benzene rings is 1. The first kappa shape index (κ1) is 21.6. The summed E-state index contributed by atoms with van der Waals surface area (Å²) in [4.78, 5) is 13.7. The maximum atomic E-state index is 6.36. The fourth-order valence-electron chi connectivity index (χ4n) is 6.42. The van der Waals surface area contributed by atoms with E-state index < -0.39 is 0 Å². The number of H-pyrrole nitrogens is 1. The molecule has 5 heteroatoms. The van der Waals surface area contributed by atoms with Crippen LogP contribution in [-0.2, 0) is 13.0 Å². The Bertz CT molecular complexity index is 1000. The van der Waals surface area contributed by atoms with Gasteiger partial charge in [0.25, 0.3) is 0 Å². The van der Waals surface area contributed by atoms with E-state index >= 15 is 0 Å². The Labute approximate surface area is 192 Å². The van der Waals surface area contributed by atoms with E-state index in [4.69, 9.17) is 15.7 Å². The van der Waals surface area contributed by atoms with E-state index in [0.717, 1.165) is 47.1 Å². The molecule has 5 rings (SSSR count). The summed E-state index contributed by atoms with van der Waals surface area (Å²) >= 11 is 0. The predicted octanol–water partition coefficient (Wildman–Crippen LogP) is 5.42. The summed E-state index contributed by atoms with van der Waals surface area (Å²) in [6.07, 6.45) is 12.8. The Morgan fingerprint density at radius 1 is 1.06 bits per heavy atom. The van der Waals surface area contributed by atoms with Gasteiger partial charge in [-0.15, -0.1) is 0 Å². The van der Waals surface area contributed by atoms with E-state index in [9.17, 15) is 0 Å². The maximum absolute atomic E-state index is 6.36. The highest BCUT2D eigenvalue weighted by atomic mass is 15.4. The third-order valence-electron chi connectivity index (χ3n) is 8.07. The molecule has 0 amide bonds. The van der Waals surface area contributed by atoms with Gasteiger partial charge in [-0.2, -0.15) is 0 Å². The monoisotopic (exact) mass is 432 g/mol. The van der Waals surface area contributed by atoms with Crippen LogP contribution in [0.15, 0.2) is 42.6 Å². The largest absolute Gasteiger partial charge is 0.337 e. The molecule has 1 aromatic carbocycles. The molecular formula is C27H38N5+. The topological polar surface area (TPSA) is 67.6 Å². The third kappa shape index (κ3) is 4.08. The van der Waals surface area contributed by atoms with Gasteiger partial charge in [0.2, 0.25) is 0 Å². The molecule has 1 saturated carbocycles. The zero-order valence-electron chi connectivity index (χ0n) is 19.5. The van der Waals surface area contributed by atoms with Gasteiger partial charge in [-0.25, -0.2) is 4.98 Å². The molecule has 32 heavy (non-hydrogen) atoms. The van der Waals surface area contributed by atoms with Crippen molar-refractivity contribution in [3.05, 3.63) is 59.7 Å². The fourth-order valence-corrected chi connectivity index (χ4v) is 6.42. The second-order valence-corrected chi connectivity index (χ2v) is 10.1. The lowest BCUT2D eigenvalue weighted by Gasteiger charge is -2.52. The Balaban J connectivity index is 1.60. The number of unbranched alkanes of at least 4 members (excludes halogenated alkanes) is 1. The third-order valence-corrected chi connectivity index (χ3v) is 8.07. The number of quaternary nitrogens is 1. The molecule has 2 heterocycles. The van der Waals surface area contributed by atoms with Gasteiger partial charge in [-0.05, 0) is 55.9 Å². The van der Waals surface area contributed by atoms with Crippen LogP contribution in [0.1, 0.15) is 81.4 Å². The number of nitrogens with zero attached hydrogens (tertiary/aromatic N) is 3. The standard InChI is InChI=1S/C27H38N5/c1-2-3-18-32(22-15-13-21(28)14-16-22,19-26-30-23-10-4-5-11-24(23)31-26)25-12-6-8-20-9-7-17-29-27(20)25/h4-5,7,9-11,17,21-22,25H,2-3,6,8,12-16,18-19,28H2,1H3,(H,30,31)/q+1. The van der Waals surface area contributed by atoms with Crippen LogP contribution in [0.5, 0.6) is 0 Å². The molecule has 2 aliphatic rings. The molecule has 0 bridgehead atoms. The van der Waals surface area contributed by atoms with Crippen molar-refractivity contribution in [2.24, 2.45) is 5.73 Å². The Morgan fingerprint density at radius 2 is 1.91 bits per heavy atom. The van der Waals surface area contributed by atoms with Crippen molar-refractivity contribution < 1.29 is 4.48 Å². The number of fused-ring (bicyclic) bond motifs is 2. The summed E-state index contributed by atoms with van der Waals surface area (Å²) in [5.74, 6) is 1.13. The number of pyridine rings is 1. The van der Waals surface area contributed by atoms with Gasteiger partial charge in [0.1, 0.15) is 18.3 Å². The number of aromatic amines is 1. The average Bonchev–Trinajstić information content (AvgIpc) is 3.24. The first-order chi connectivity index (χ1) is 15.7. The van der Waals surface area contributed by atoms with Crippen LogP contribution in [0.25, 0.3) is 11.0 Å². The molecular weight excluding hydrogens is 394 g/mol. The van der Waals surface area contributed by atoms with Gasteiger partial charge in [0.05, 0.1) is 23.6 Å². The second kappa shape index (κ2) is 9.32. The van der Waals surface area contributed by atoms with Crippen LogP contribution in [-0.4, -0.2) is 38.1 Å². The summed E-state index contributed by atoms with van der Waals surface area (Å²) in [7, 11) is 0. The van der Waals surface area contributed by atoms with Crippen molar-refractivity contribution in [3.63, 3.8) is 0 Å². The van der Waals surface area contributed by atoms with E-state index in [0.29, 0.717) is 18.1 Å². The number of nitrogens with one attached hydrogen (secondary N) is 1. The summed E-state index contributed by atoms with van der Waals surface area (Å²) in [5, 5.41) is 0. The molecule has 3 aromatic rings. The fraction of sp³-hybridized carbons (Fsp3) is 0.556. The molecule has 0 saturated heterocycles. The lowest BCUT2D eigenvalue weighted by Crippen LogP contribution is -2.59. The van der Waals surface area contributed by atoms with Crippen LogP contribution in [0.4, 0.5) is 0 Å². The van der Waals surface area contributed by atoms with Gasteiger partial charge in [0.15, 0.2) is 5.82 Å². The molecule has 0 radical (unpaired) electrons. The van der Waals surface area contributed by atoms with E-state index in [1.54, 1.807) is 0 Å². The summed E-state index contributed by atoms with van der Waals surface area (Å²) in [6, 6.07) is 14.3. The number of imidazole rings is 1. The van der Waals surface area contributed by atoms with Crippen molar-refractivity contribution in [3.8, 4) is 0 Å². The SMILES string of the molecule is CCCC[N+](Cc1nc2ccccc2[nH]1)(C1CCC(N)CC1)C1CCCc2cccnc21. The number of nitrogens with two attached hydrogens (primary N) is 1. The minimum Gasteiger partial charge on any atom is -0.337 e. The highest BCUT2D eigenvalue weighted by Crippen LogP contribution is 2.45. The van der Waals surface area contributed by atoms with Gasteiger partial charge in [0, 0.05) is 31.5 Å².